The first-order valence-corrected chi connectivity index (χ1v) is 21.4. The number of rotatable bonds is 11. The van der Waals surface area contributed by atoms with Crippen LogP contribution in [0.25, 0.3) is 44.8 Å². The Bertz CT molecular complexity index is 2410. The lowest BCUT2D eigenvalue weighted by molar-refractivity contribution is -0.126. The lowest BCUT2D eigenvalue weighted by Gasteiger charge is -2.34. The van der Waals surface area contributed by atoms with Crippen LogP contribution in [-0.2, 0) is 9.59 Å². The summed E-state index contributed by atoms with van der Waals surface area (Å²) in [6, 6.07) is 7.39. The van der Waals surface area contributed by atoms with Gasteiger partial charge in [-0.15, -0.1) is 0 Å². The summed E-state index contributed by atoms with van der Waals surface area (Å²) in [6.45, 7) is 1.98. The summed E-state index contributed by atoms with van der Waals surface area (Å²) in [6.07, 6.45) is 22.6. The van der Waals surface area contributed by atoms with E-state index in [-0.39, 0.29) is 53.5 Å². The molecule has 0 radical (unpaired) electrons. The maximum atomic E-state index is 14.6. The molecule has 6 N–H and O–H groups in total. The van der Waals surface area contributed by atoms with Crippen molar-refractivity contribution in [2.75, 3.05) is 10.6 Å². The molecule has 3 aliphatic rings. The standard InChI is InChI=1S/C23H27FN6O.C21H25FN6O/c24-17-13-27-21(16-12-26-20-15(16)8-5-11-25-20)30-22(17)28-18-9-3-4-10-19(18)29-23(31)14-6-1-2-7-14;1-2-6-18(29)26-16-8-3-4-9-17(16)27-21-15(22)12-25-20(28-21)14-11-24-19-13(14)7-5-10-23-19/h5,8,11-14,18-19H,1-4,6-7,9-10H2,(H,25,26)(H,29,31)(H,27,28,30);5,7,10-12,16-17H,2-4,6,8-9H2,1H3,(H,23,24)(H,26,29)(H,25,27,28)/t18?,19-;16-,17?/m11/s1. The lowest BCUT2D eigenvalue weighted by atomic mass is 9.89. The van der Waals surface area contributed by atoms with E-state index in [4.69, 9.17) is 0 Å². The van der Waals surface area contributed by atoms with Gasteiger partial charge < -0.3 is 31.2 Å². The molecule has 3 saturated carbocycles. The second-order valence-electron chi connectivity index (χ2n) is 16.1. The third kappa shape index (κ3) is 9.37. The molecule has 2 unspecified atom stereocenters. The number of amides is 2. The number of H-pyrrole nitrogens is 2. The van der Waals surface area contributed by atoms with Crippen molar-refractivity contribution in [2.45, 2.75) is 121 Å². The van der Waals surface area contributed by atoms with E-state index in [1.54, 1.807) is 24.8 Å². The third-order valence-electron chi connectivity index (χ3n) is 11.9. The Kier molecular flexibility index (Phi) is 12.8. The Hall–Kier alpha value is -6.06. The maximum absolute atomic E-state index is 14.6. The van der Waals surface area contributed by atoms with Gasteiger partial charge in [-0.05, 0) is 69.2 Å². The number of hydrogen-bond donors (Lipinski definition) is 6. The summed E-state index contributed by atoms with van der Waals surface area (Å²) < 4.78 is 29.1. The highest BCUT2D eigenvalue weighted by Gasteiger charge is 2.32. The highest BCUT2D eigenvalue weighted by Crippen LogP contribution is 2.31. The zero-order valence-electron chi connectivity index (χ0n) is 33.8. The Labute approximate surface area is 347 Å². The lowest BCUT2D eigenvalue weighted by Crippen LogP contribution is -2.50. The van der Waals surface area contributed by atoms with E-state index < -0.39 is 11.6 Å². The monoisotopic (exact) mass is 818 g/mol. The topological polar surface area (TPSA) is 191 Å². The van der Waals surface area contributed by atoms with Crippen molar-refractivity contribution in [3.05, 3.63) is 73.1 Å². The van der Waals surface area contributed by atoms with Crippen molar-refractivity contribution in [2.24, 2.45) is 5.92 Å². The normalized spacial score (nSPS) is 20.6. The predicted molar refractivity (Wildman–Crippen MR) is 227 cm³/mol. The molecule has 16 heteroatoms. The number of pyridine rings is 2. The predicted octanol–water partition coefficient (Wildman–Crippen LogP) is 7.99. The number of halogens is 2. The Morgan fingerprint density at radius 2 is 1.12 bits per heavy atom. The highest BCUT2D eigenvalue weighted by atomic mass is 19.1. The summed E-state index contributed by atoms with van der Waals surface area (Å²) in [4.78, 5) is 56.8. The average Bonchev–Trinajstić information content (AvgIpc) is 4.06. The van der Waals surface area contributed by atoms with Crippen LogP contribution >= 0.6 is 0 Å². The van der Waals surface area contributed by atoms with Crippen molar-refractivity contribution >= 4 is 45.5 Å². The molecular formula is C44H52F2N12O2. The number of nitrogens with zero attached hydrogens (tertiary/aromatic N) is 6. The molecular weight excluding hydrogens is 767 g/mol. The Balaban J connectivity index is 0.000000167. The van der Waals surface area contributed by atoms with Crippen LogP contribution in [0, 0.1) is 17.6 Å². The van der Waals surface area contributed by atoms with Crippen molar-refractivity contribution in [3.63, 3.8) is 0 Å². The zero-order chi connectivity index (χ0) is 41.4. The number of aromatic nitrogens is 8. The van der Waals surface area contributed by atoms with E-state index in [1.165, 1.54) is 12.4 Å². The van der Waals surface area contributed by atoms with Gasteiger partial charge in [0.1, 0.15) is 11.3 Å². The molecule has 14 nitrogen and oxygen atoms in total. The fourth-order valence-electron chi connectivity index (χ4n) is 8.78. The van der Waals surface area contributed by atoms with Crippen LogP contribution in [0.2, 0.25) is 0 Å². The average molecular weight is 819 g/mol. The molecule has 6 aromatic rings. The van der Waals surface area contributed by atoms with Crippen molar-refractivity contribution in [3.8, 4) is 22.8 Å². The van der Waals surface area contributed by atoms with Gasteiger partial charge in [-0.2, -0.15) is 0 Å². The fourth-order valence-corrected chi connectivity index (χ4v) is 8.78. The minimum Gasteiger partial charge on any atom is -0.363 e. The molecule has 2 amide bonds. The Morgan fingerprint density at radius 3 is 1.62 bits per heavy atom. The minimum absolute atomic E-state index is 0.0167. The summed E-state index contributed by atoms with van der Waals surface area (Å²) >= 11 is 0. The maximum Gasteiger partial charge on any atom is 0.223 e. The largest absolute Gasteiger partial charge is 0.363 e. The van der Waals surface area contributed by atoms with Crippen LogP contribution < -0.4 is 21.3 Å². The molecule has 4 atom stereocenters. The van der Waals surface area contributed by atoms with Crippen LogP contribution in [0.4, 0.5) is 20.4 Å². The molecule has 3 fully saturated rings. The third-order valence-corrected chi connectivity index (χ3v) is 11.9. The van der Waals surface area contributed by atoms with Crippen LogP contribution in [0.3, 0.4) is 0 Å². The smallest absolute Gasteiger partial charge is 0.223 e. The molecule has 0 saturated heterocycles. The highest BCUT2D eigenvalue weighted by molar-refractivity contribution is 5.92. The fraction of sp³-hybridized carbons (Fsp3) is 0.455. The number of fused-ring (bicyclic) bond motifs is 2. The molecule has 0 bridgehead atoms. The van der Waals surface area contributed by atoms with Gasteiger partial charge in [-0.25, -0.2) is 38.7 Å². The first-order valence-electron chi connectivity index (χ1n) is 21.4. The molecule has 0 aliphatic heterocycles. The van der Waals surface area contributed by atoms with Crippen LogP contribution in [0.15, 0.2) is 61.4 Å². The van der Waals surface area contributed by atoms with Gasteiger partial charge in [0.2, 0.25) is 11.8 Å². The van der Waals surface area contributed by atoms with Gasteiger partial charge in [-0.3, -0.25) is 9.59 Å². The van der Waals surface area contributed by atoms with E-state index in [1.807, 2.05) is 31.2 Å². The first kappa shape index (κ1) is 40.7. The van der Waals surface area contributed by atoms with Gasteiger partial charge in [0, 0.05) is 83.2 Å². The van der Waals surface area contributed by atoms with Crippen LogP contribution in [-0.4, -0.2) is 75.9 Å². The second-order valence-corrected chi connectivity index (χ2v) is 16.1. The molecule has 314 valence electrons. The van der Waals surface area contributed by atoms with E-state index in [0.717, 1.165) is 117 Å². The van der Waals surface area contributed by atoms with E-state index in [9.17, 15) is 18.4 Å². The summed E-state index contributed by atoms with van der Waals surface area (Å²) in [5.74, 6) is 0.517. The molecule has 3 aliphatic carbocycles. The van der Waals surface area contributed by atoms with Crippen LogP contribution in [0.5, 0.6) is 0 Å². The number of nitrogens with one attached hydrogen (secondary N) is 6. The molecule has 0 spiro atoms. The minimum atomic E-state index is -0.504. The van der Waals surface area contributed by atoms with Gasteiger partial charge in [0.05, 0.1) is 12.4 Å². The van der Waals surface area contributed by atoms with E-state index in [0.29, 0.717) is 18.1 Å². The first-order chi connectivity index (χ1) is 29.3. The van der Waals surface area contributed by atoms with Crippen molar-refractivity contribution in [1.29, 1.82) is 0 Å². The number of carbonyl (C=O) groups is 2. The van der Waals surface area contributed by atoms with Gasteiger partial charge in [0.15, 0.2) is 34.9 Å². The number of anilines is 2. The Morgan fingerprint density at radius 1 is 0.650 bits per heavy atom. The van der Waals surface area contributed by atoms with E-state index in [2.05, 4.69) is 61.1 Å². The van der Waals surface area contributed by atoms with Gasteiger partial charge in [0.25, 0.3) is 0 Å². The molecule has 6 heterocycles. The second kappa shape index (κ2) is 18.9. The molecule has 60 heavy (non-hydrogen) atoms. The molecule has 9 rings (SSSR count). The molecule has 6 aromatic heterocycles. The van der Waals surface area contributed by atoms with E-state index >= 15 is 0 Å². The zero-order valence-corrected chi connectivity index (χ0v) is 33.8. The summed E-state index contributed by atoms with van der Waals surface area (Å²) in [7, 11) is 0. The van der Waals surface area contributed by atoms with Crippen molar-refractivity contribution < 1.29 is 18.4 Å². The quantitative estimate of drug-likeness (QED) is 0.0747. The SMILES string of the molecule is CCCC(=O)N[C@@H]1CCCCC1Nc1nc(-c2c[nH]c3ncccc23)ncc1F.O=C(N[C@@H]1CCCCC1Nc1nc(-c2c[nH]c3ncccc23)ncc1F)C1CCCC1. The van der Waals surface area contributed by atoms with Gasteiger partial charge in [-0.1, -0.05) is 45.4 Å². The van der Waals surface area contributed by atoms with Crippen LogP contribution in [0.1, 0.15) is 96.8 Å². The molecule has 0 aromatic carbocycles. The number of carbonyl (C=O) groups excluding carboxylic acids is 2. The number of aromatic amines is 2. The number of hydrogen-bond acceptors (Lipinski definition) is 10. The summed E-state index contributed by atoms with van der Waals surface area (Å²) in [5, 5.41) is 14.6. The van der Waals surface area contributed by atoms with Gasteiger partial charge >= 0.3 is 0 Å². The summed E-state index contributed by atoms with van der Waals surface area (Å²) in [5.41, 5.74) is 3.02. The van der Waals surface area contributed by atoms with Crippen molar-refractivity contribution in [1.82, 2.24) is 50.5 Å².